The summed E-state index contributed by atoms with van der Waals surface area (Å²) in [6.45, 7) is 6.66. The number of hydrogen-bond acceptors (Lipinski definition) is 9. The van der Waals surface area contributed by atoms with E-state index in [4.69, 9.17) is 9.47 Å². The third-order valence-electron chi connectivity index (χ3n) is 4.15. The van der Waals surface area contributed by atoms with Crippen LogP contribution in [0.4, 0.5) is 0 Å². The Morgan fingerprint density at radius 1 is 1.06 bits per heavy atom. The van der Waals surface area contributed by atoms with Gasteiger partial charge >= 0.3 is 5.97 Å². The quantitative estimate of drug-likeness (QED) is 0.238. The van der Waals surface area contributed by atoms with Crippen LogP contribution < -0.4 is 4.74 Å². The van der Waals surface area contributed by atoms with Gasteiger partial charge in [0, 0.05) is 18.1 Å². The molecule has 1 aromatic carbocycles. The lowest BCUT2D eigenvalue weighted by atomic mass is 10.3. The molecule has 0 radical (unpaired) electrons. The summed E-state index contributed by atoms with van der Waals surface area (Å²) in [5.74, 6) is 1.81. The van der Waals surface area contributed by atoms with Gasteiger partial charge in [-0.1, -0.05) is 30.4 Å². The van der Waals surface area contributed by atoms with E-state index in [0.717, 1.165) is 17.3 Å². The predicted octanol–water partition coefficient (Wildman–Crippen LogP) is 4.18. The van der Waals surface area contributed by atoms with Crippen molar-refractivity contribution in [2.75, 3.05) is 13.2 Å². The molecule has 3 rings (SSSR count). The molecule has 0 amide bonds. The fraction of sp³-hybridized carbons (Fsp3) is 0.381. The Morgan fingerprint density at radius 3 is 2.45 bits per heavy atom. The van der Waals surface area contributed by atoms with E-state index in [-0.39, 0.29) is 11.2 Å². The second-order valence-electron chi connectivity index (χ2n) is 6.25. The maximum absolute atomic E-state index is 12.3. The van der Waals surface area contributed by atoms with E-state index in [1.807, 2.05) is 42.7 Å². The van der Waals surface area contributed by atoms with Crippen LogP contribution in [0.5, 0.6) is 5.75 Å². The molecular formula is C21H25N5O3S2. The summed E-state index contributed by atoms with van der Waals surface area (Å²) in [6, 6.07) is 9.51. The number of thioether (sulfide) groups is 2. The zero-order chi connectivity index (χ0) is 22.1. The van der Waals surface area contributed by atoms with Crippen molar-refractivity contribution in [2.45, 2.75) is 48.5 Å². The van der Waals surface area contributed by atoms with Crippen molar-refractivity contribution in [3.8, 4) is 11.4 Å². The number of carbonyl (C=O) groups excluding carboxylic acids is 1. The molecule has 0 unspecified atom stereocenters. The maximum Gasteiger partial charge on any atom is 0.319 e. The molecule has 3 aromatic rings. The normalized spacial score (nSPS) is 11.8. The fourth-order valence-electron chi connectivity index (χ4n) is 2.74. The SMILES string of the molecule is CCOC(=O)[C@H](CC)Sc1nnc(CSc2ncccn2)n1-c1ccc(OCC)cc1. The van der Waals surface area contributed by atoms with Crippen LogP contribution in [-0.2, 0) is 15.3 Å². The largest absolute Gasteiger partial charge is 0.494 e. The van der Waals surface area contributed by atoms with Gasteiger partial charge in [0.05, 0.1) is 19.0 Å². The number of aromatic nitrogens is 5. The van der Waals surface area contributed by atoms with Crippen molar-refractivity contribution in [1.82, 2.24) is 24.7 Å². The molecule has 2 aromatic heterocycles. The zero-order valence-corrected chi connectivity index (χ0v) is 19.4. The summed E-state index contributed by atoms with van der Waals surface area (Å²) in [6.07, 6.45) is 4.04. The third kappa shape index (κ3) is 6.20. The van der Waals surface area contributed by atoms with E-state index in [1.165, 1.54) is 23.5 Å². The van der Waals surface area contributed by atoms with Crippen LogP contribution in [0.25, 0.3) is 5.69 Å². The van der Waals surface area contributed by atoms with Gasteiger partial charge in [0.1, 0.15) is 16.8 Å². The van der Waals surface area contributed by atoms with E-state index >= 15 is 0 Å². The van der Waals surface area contributed by atoms with Gasteiger partial charge in [0.2, 0.25) is 0 Å². The van der Waals surface area contributed by atoms with Gasteiger partial charge in [-0.25, -0.2) is 9.97 Å². The molecule has 10 heteroatoms. The topological polar surface area (TPSA) is 92.0 Å². The number of esters is 1. The second-order valence-corrected chi connectivity index (χ2v) is 8.36. The van der Waals surface area contributed by atoms with Crippen LogP contribution in [0.2, 0.25) is 0 Å². The second kappa shape index (κ2) is 11.7. The molecule has 0 spiro atoms. The molecule has 1 atom stereocenters. The van der Waals surface area contributed by atoms with Crippen molar-refractivity contribution in [2.24, 2.45) is 0 Å². The standard InChI is InChI=1S/C21H25N5O3S2/c1-4-17(19(27)29-6-3)31-21-25-24-18(14-30-20-22-12-7-13-23-20)26(21)15-8-10-16(11-9-15)28-5-2/h7-13,17H,4-6,14H2,1-3H3/t17-/m0/s1. The van der Waals surface area contributed by atoms with Gasteiger partial charge in [-0.15, -0.1) is 10.2 Å². The summed E-state index contributed by atoms with van der Waals surface area (Å²) in [7, 11) is 0. The van der Waals surface area contributed by atoms with E-state index in [1.54, 1.807) is 25.4 Å². The molecule has 0 aliphatic carbocycles. The summed E-state index contributed by atoms with van der Waals surface area (Å²) in [5, 5.41) is 9.71. The van der Waals surface area contributed by atoms with Gasteiger partial charge in [-0.2, -0.15) is 0 Å². The number of hydrogen-bond donors (Lipinski definition) is 0. The first-order valence-corrected chi connectivity index (χ1v) is 11.9. The Bertz CT molecular complexity index is 967. The number of carbonyl (C=O) groups is 1. The lowest BCUT2D eigenvalue weighted by Gasteiger charge is -2.15. The Balaban J connectivity index is 1.90. The Morgan fingerprint density at radius 2 is 1.81 bits per heavy atom. The average Bonchev–Trinajstić information content (AvgIpc) is 3.20. The molecule has 0 fully saturated rings. The van der Waals surface area contributed by atoms with Crippen LogP contribution in [-0.4, -0.2) is 49.2 Å². The molecule has 0 saturated carbocycles. The van der Waals surface area contributed by atoms with Gasteiger partial charge in [-0.05, 0) is 50.6 Å². The van der Waals surface area contributed by atoms with Crippen molar-refractivity contribution >= 4 is 29.5 Å². The average molecular weight is 460 g/mol. The number of rotatable bonds is 11. The minimum Gasteiger partial charge on any atom is -0.494 e. The zero-order valence-electron chi connectivity index (χ0n) is 17.7. The predicted molar refractivity (Wildman–Crippen MR) is 121 cm³/mol. The summed E-state index contributed by atoms with van der Waals surface area (Å²) in [4.78, 5) is 20.8. The fourth-order valence-corrected chi connectivity index (χ4v) is 4.44. The molecule has 0 bridgehead atoms. The van der Waals surface area contributed by atoms with Crippen LogP contribution in [0.15, 0.2) is 53.0 Å². The molecule has 0 N–H and O–H groups in total. The maximum atomic E-state index is 12.3. The first kappa shape index (κ1) is 23.1. The summed E-state index contributed by atoms with van der Waals surface area (Å²) < 4.78 is 12.7. The lowest BCUT2D eigenvalue weighted by molar-refractivity contribution is -0.142. The van der Waals surface area contributed by atoms with Crippen LogP contribution in [0.1, 0.15) is 33.0 Å². The number of benzene rings is 1. The minimum absolute atomic E-state index is 0.246. The monoisotopic (exact) mass is 459 g/mol. The van der Waals surface area contributed by atoms with Crippen molar-refractivity contribution in [3.05, 3.63) is 48.5 Å². The van der Waals surface area contributed by atoms with Gasteiger partial charge in [0.15, 0.2) is 10.3 Å². The van der Waals surface area contributed by atoms with Gasteiger partial charge < -0.3 is 9.47 Å². The van der Waals surface area contributed by atoms with Crippen molar-refractivity contribution < 1.29 is 14.3 Å². The first-order valence-electron chi connectivity index (χ1n) is 10.1. The Hall–Kier alpha value is -2.59. The van der Waals surface area contributed by atoms with Crippen LogP contribution in [0.3, 0.4) is 0 Å². The third-order valence-corrected chi connectivity index (χ3v) is 6.30. The molecule has 31 heavy (non-hydrogen) atoms. The molecule has 2 heterocycles. The smallest absolute Gasteiger partial charge is 0.319 e. The first-order chi connectivity index (χ1) is 15.2. The number of nitrogens with zero attached hydrogens (tertiary/aromatic N) is 5. The van der Waals surface area contributed by atoms with E-state index in [2.05, 4.69) is 20.2 Å². The van der Waals surface area contributed by atoms with Gasteiger partial charge in [-0.3, -0.25) is 9.36 Å². The molecule has 0 saturated heterocycles. The van der Waals surface area contributed by atoms with Crippen LogP contribution in [0, 0.1) is 0 Å². The molecular weight excluding hydrogens is 434 g/mol. The van der Waals surface area contributed by atoms with Crippen molar-refractivity contribution in [1.29, 1.82) is 0 Å². The van der Waals surface area contributed by atoms with E-state index in [0.29, 0.717) is 35.7 Å². The minimum atomic E-state index is -0.358. The van der Waals surface area contributed by atoms with Crippen LogP contribution >= 0.6 is 23.5 Å². The lowest BCUT2D eigenvalue weighted by Crippen LogP contribution is -2.20. The summed E-state index contributed by atoms with van der Waals surface area (Å²) >= 11 is 2.83. The molecule has 164 valence electrons. The van der Waals surface area contributed by atoms with E-state index in [9.17, 15) is 4.79 Å². The highest BCUT2D eigenvalue weighted by Crippen LogP contribution is 2.30. The molecule has 8 nitrogen and oxygen atoms in total. The number of ether oxygens (including phenoxy) is 2. The Labute approximate surface area is 190 Å². The molecule has 0 aliphatic rings. The summed E-state index contributed by atoms with van der Waals surface area (Å²) in [5.41, 5.74) is 0.888. The highest BCUT2D eigenvalue weighted by molar-refractivity contribution is 8.00. The molecule has 0 aliphatic heterocycles. The highest BCUT2D eigenvalue weighted by atomic mass is 32.2. The van der Waals surface area contributed by atoms with Crippen molar-refractivity contribution in [3.63, 3.8) is 0 Å². The van der Waals surface area contributed by atoms with Gasteiger partial charge in [0.25, 0.3) is 0 Å². The van der Waals surface area contributed by atoms with E-state index < -0.39 is 0 Å². The highest BCUT2D eigenvalue weighted by Gasteiger charge is 2.24. The Kier molecular flexibility index (Phi) is 8.72.